The van der Waals surface area contributed by atoms with Gasteiger partial charge in [0.15, 0.2) is 5.82 Å². The maximum atomic E-state index is 14.1. The number of para-hydroxylation sites is 2. The first-order valence-corrected chi connectivity index (χ1v) is 14.1. The summed E-state index contributed by atoms with van der Waals surface area (Å²) in [6, 6.07) is 9.25. The van der Waals surface area contributed by atoms with E-state index in [9.17, 15) is 13.6 Å². The highest BCUT2D eigenvalue weighted by molar-refractivity contribution is 9.10. The van der Waals surface area contributed by atoms with E-state index in [0.717, 1.165) is 38.6 Å². The molecule has 1 atom stereocenters. The lowest BCUT2D eigenvalue weighted by atomic mass is 9.90. The maximum absolute atomic E-state index is 14.1. The molecule has 202 valence electrons. The van der Waals surface area contributed by atoms with Gasteiger partial charge >= 0.3 is 0 Å². The summed E-state index contributed by atoms with van der Waals surface area (Å²) in [6.45, 7) is 3.17. The molecule has 1 saturated carbocycles. The van der Waals surface area contributed by atoms with E-state index >= 15 is 0 Å². The zero-order valence-electron chi connectivity index (χ0n) is 20.9. The molecule has 38 heavy (non-hydrogen) atoms. The van der Waals surface area contributed by atoms with Crippen LogP contribution in [0, 0.1) is 0 Å². The van der Waals surface area contributed by atoms with Gasteiger partial charge in [-0.1, -0.05) is 28.1 Å². The van der Waals surface area contributed by atoms with Crippen molar-refractivity contribution in [3.05, 3.63) is 36.2 Å². The Morgan fingerprint density at radius 2 is 1.76 bits per heavy atom. The molecule has 3 aliphatic rings. The fourth-order valence-corrected chi connectivity index (χ4v) is 6.18. The van der Waals surface area contributed by atoms with Crippen LogP contribution in [0.2, 0.25) is 0 Å². The van der Waals surface area contributed by atoms with E-state index in [0.29, 0.717) is 54.9 Å². The lowest BCUT2D eigenvalue weighted by Crippen LogP contribution is -2.42. The second kappa shape index (κ2) is 10.7. The van der Waals surface area contributed by atoms with Crippen molar-refractivity contribution in [2.75, 3.05) is 43.1 Å². The number of halogens is 3. The number of nitrogens with zero attached hydrogens (tertiary/aromatic N) is 6. The molecular formula is C26H30BrF2N7O2. The van der Waals surface area contributed by atoms with E-state index in [1.54, 1.807) is 30.3 Å². The lowest BCUT2D eigenvalue weighted by Gasteiger charge is -2.35. The van der Waals surface area contributed by atoms with E-state index in [1.165, 1.54) is 4.57 Å². The normalized spacial score (nSPS) is 24.5. The van der Waals surface area contributed by atoms with Crippen molar-refractivity contribution >= 4 is 44.6 Å². The molecule has 0 spiro atoms. The van der Waals surface area contributed by atoms with Crippen LogP contribution in [0.15, 0.2) is 30.3 Å². The Labute approximate surface area is 227 Å². The lowest BCUT2D eigenvalue weighted by molar-refractivity contribution is -0.129. The van der Waals surface area contributed by atoms with E-state index in [2.05, 4.69) is 26.2 Å². The maximum Gasteiger partial charge on any atom is 0.296 e. The highest BCUT2D eigenvalue weighted by Crippen LogP contribution is 2.32. The van der Waals surface area contributed by atoms with Crippen LogP contribution < -0.4 is 10.2 Å². The van der Waals surface area contributed by atoms with Gasteiger partial charge in [0, 0.05) is 37.8 Å². The highest BCUT2D eigenvalue weighted by Gasteiger charge is 2.36. The van der Waals surface area contributed by atoms with Crippen molar-refractivity contribution < 1.29 is 18.3 Å². The number of fused-ring (bicyclic) bond motifs is 1. The van der Waals surface area contributed by atoms with Gasteiger partial charge in [-0.2, -0.15) is 9.97 Å². The molecule has 1 N–H and O–H groups in total. The Morgan fingerprint density at radius 3 is 2.47 bits per heavy atom. The van der Waals surface area contributed by atoms with E-state index in [-0.39, 0.29) is 28.6 Å². The zero-order chi connectivity index (χ0) is 26.2. The Balaban J connectivity index is 1.29. The second-order valence-corrected chi connectivity index (χ2v) is 11.1. The number of ether oxygens (including phenoxy) is 1. The van der Waals surface area contributed by atoms with Crippen LogP contribution in [0.5, 0.6) is 0 Å². The van der Waals surface area contributed by atoms with E-state index < -0.39 is 6.43 Å². The number of carbonyl (C=O) groups is 1. The minimum absolute atomic E-state index is 0.0613. The smallest absolute Gasteiger partial charge is 0.296 e. The largest absolute Gasteiger partial charge is 0.378 e. The molecule has 1 aromatic carbocycles. The number of hydrogen-bond acceptors (Lipinski definition) is 7. The number of amides is 1. The molecule has 1 aliphatic carbocycles. The monoisotopic (exact) mass is 589 g/mol. The Kier molecular flexibility index (Phi) is 7.17. The summed E-state index contributed by atoms with van der Waals surface area (Å²) >= 11 is 3.48. The number of aromatic nitrogens is 4. The third-order valence-corrected chi connectivity index (χ3v) is 8.52. The minimum Gasteiger partial charge on any atom is -0.378 e. The predicted molar refractivity (Wildman–Crippen MR) is 143 cm³/mol. The molecule has 0 bridgehead atoms. The first-order chi connectivity index (χ1) is 18.5. The molecule has 12 heteroatoms. The van der Waals surface area contributed by atoms with E-state index in [4.69, 9.17) is 14.7 Å². The molecule has 3 fully saturated rings. The fraction of sp³-hybridized carbons (Fsp3) is 0.538. The topological polar surface area (TPSA) is 88.4 Å². The third-order valence-electron chi connectivity index (χ3n) is 7.67. The summed E-state index contributed by atoms with van der Waals surface area (Å²) < 4.78 is 35.1. The average Bonchev–Trinajstić information content (AvgIpc) is 3.50. The summed E-state index contributed by atoms with van der Waals surface area (Å²) in [4.78, 5) is 30.1. The average molecular weight is 590 g/mol. The SMILES string of the molecule is O=C1C(Br)CCN1[C@H]1CC[C@H](Nc2cc(-n3c(C(F)F)nc4ccccc43)nc(N3CCOCC3)n2)CC1. The van der Waals surface area contributed by atoms with Gasteiger partial charge in [-0.25, -0.2) is 13.8 Å². The van der Waals surface area contributed by atoms with Gasteiger partial charge in [0.25, 0.3) is 6.43 Å². The molecule has 9 nitrogen and oxygen atoms in total. The standard InChI is InChI=1S/C26H30BrF2N7O2/c27-18-9-10-35(25(18)37)17-7-5-16(6-8-17)30-21-15-22(33-26(32-21)34-11-13-38-14-12-34)36-20-4-2-1-3-19(20)31-24(36)23(28)29/h1-4,15-18,23H,5-14H2,(H,30,32,33)/t16-,17-,18?. The summed E-state index contributed by atoms with van der Waals surface area (Å²) in [5, 5.41) is 3.55. The van der Waals surface area contributed by atoms with Crippen LogP contribution in [-0.2, 0) is 9.53 Å². The van der Waals surface area contributed by atoms with Crippen LogP contribution in [0.4, 0.5) is 20.5 Å². The minimum atomic E-state index is -2.76. The van der Waals surface area contributed by atoms with Crippen LogP contribution in [0.3, 0.4) is 0 Å². The van der Waals surface area contributed by atoms with E-state index in [1.807, 2.05) is 9.80 Å². The van der Waals surface area contributed by atoms with Crippen molar-refractivity contribution in [1.29, 1.82) is 0 Å². The Morgan fingerprint density at radius 1 is 1.00 bits per heavy atom. The van der Waals surface area contributed by atoms with Crippen molar-refractivity contribution in [2.24, 2.45) is 0 Å². The number of carbonyl (C=O) groups excluding carboxylic acids is 1. The third kappa shape index (κ3) is 4.95. The van der Waals surface area contributed by atoms with Crippen molar-refractivity contribution in [3.8, 4) is 5.82 Å². The number of rotatable bonds is 6. The molecule has 6 rings (SSSR count). The van der Waals surface area contributed by atoms with Crippen LogP contribution >= 0.6 is 15.9 Å². The summed E-state index contributed by atoms with van der Waals surface area (Å²) in [7, 11) is 0. The van der Waals surface area contributed by atoms with Crippen molar-refractivity contribution in [3.63, 3.8) is 0 Å². The number of imidazole rings is 1. The number of morpholine rings is 1. The summed E-state index contributed by atoms with van der Waals surface area (Å²) in [5.41, 5.74) is 1.06. The van der Waals surface area contributed by atoms with Gasteiger partial charge in [-0.15, -0.1) is 0 Å². The molecule has 2 saturated heterocycles. The van der Waals surface area contributed by atoms with Gasteiger partial charge in [0.1, 0.15) is 11.6 Å². The van der Waals surface area contributed by atoms with Crippen LogP contribution in [0.25, 0.3) is 16.9 Å². The van der Waals surface area contributed by atoms with Gasteiger partial charge in [0.05, 0.1) is 29.1 Å². The van der Waals surface area contributed by atoms with Gasteiger partial charge in [0.2, 0.25) is 11.9 Å². The molecule has 2 aliphatic heterocycles. The van der Waals surface area contributed by atoms with Crippen LogP contribution in [0.1, 0.15) is 44.4 Å². The number of hydrogen-bond donors (Lipinski definition) is 1. The first kappa shape index (κ1) is 25.4. The van der Waals surface area contributed by atoms with Crippen molar-refractivity contribution in [1.82, 2.24) is 24.4 Å². The predicted octanol–water partition coefficient (Wildman–Crippen LogP) is 4.31. The molecule has 3 aromatic rings. The number of benzene rings is 1. The van der Waals surface area contributed by atoms with Gasteiger partial charge in [-0.3, -0.25) is 9.36 Å². The Bertz CT molecular complexity index is 1310. The first-order valence-electron chi connectivity index (χ1n) is 13.2. The molecule has 1 unspecified atom stereocenters. The molecule has 0 radical (unpaired) electrons. The van der Waals surface area contributed by atoms with Gasteiger partial charge in [-0.05, 0) is 44.2 Å². The van der Waals surface area contributed by atoms with Crippen molar-refractivity contribution in [2.45, 2.75) is 55.4 Å². The molecule has 2 aromatic heterocycles. The summed E-state index contributed by atoms with van der Waals surface area (Å²) in [6.07, 6.45) is 1.71. The number of anilines is 2. The quantitative estimate of drug-likeness (QED) is 0.429. The Hall–Kier alpha value is -2.86. The number of nitrogens with one attached hydrogen (secondary N) is 1. The number of alkyl halides is 3. The summed E-state index contributed by atoms with van der Waals surface area (Å²) in [5.74, 6) is 1.28. The molecule has 4 heterocycles. The molecular weight excluding hydrogens is 560 g/mol. The molecule has 1 amide bonds. The van der Waals surface area contributed by atoms with Crippen LogP contribution in [-0.4, -0.2) is 80.1 Å². The zero-order valence-corrected chi connectivity index (χ0v) is 22.5. The highest BCUT2D eigenvalue weighted by atomic mass is 79.9. The van der Waals surface area contributed by atoms with Gasteiger partial charge < -0.3 is 19.9 Å². The fourth-order valence-electron chi connectivity index (χ4n) is 5.72. The second-order valence-electron chi connectivity index (χ2n) is 10.0. The number of likely N-dealkylation sites (tertiary alicyclic amines) is 1.